The quantitative estimate of drug-likeness (QED) is 0.333. The van der Waals surface area contributed by atoms with Gasteiger partial charge < -0.3 is 4.57 Å². The molecule has 0 aromatic heterocycles. The second-order valence-corrected chi connectivity index (χ2v) is 36.4. The maximum absolute atomic E-state index is 2.56. The standard InChI is InChI=1S/C4H10I3NSi/c1-4(2)8(3)9(5,6)7/h4H,1-3H3. The summed E-state index contributed by atoms with van der Waals surface area (Å²) >= 11 is 7.67. The summed E-state index contributed by atoms with van der Waals surface area (Å²) in [4.78, 5) is 0. The maximum Gasteiger partial charge on any atom is 0.329 e. The van der Waals surface area contributed by atoms with Crippen molar-refractivity contribution >= 4 is 66.1 Å². The zero-order valence-electron chi connectivity index (χ0n) is 5.66. The molecule has 0 saturated carbocycles. The van der Waals surface area contributed by atoms with Gasteiger partial charge in [0.05, 0.1) is 0 Å². The highest BCUT2D eigenvalue weighted by Gasteiger charge is 2.29. The molecular weight excluding hydrogens is 471 g/mol. The van der Waals surface area contributed by atoms with Gasteiger partial charge in [0.15, 0.2) is 0 Å². The second kappa shape index (κ2) is 4.41. The lowest BCUT2D eigenvalue weighted by Crippen LogP contribution is -2.39. The Morgan fingerprint density at radius 1 is 1.22 bits per heavy atom. The fourth-order valence-electron chi connectivity index (χ4n) is 0.293. The van der Waals surface area contributed by atoms with Gasteiger partial charge >= 0.3 is 0.725 Å². The van der Waals surface area contributed by atoms with Crippen LogP contribution in [0, 0.1) is 0 Å². The number of hydrogen-bond acceptors (Lipinski definition) is 1. The van der Waals surface area contributed by atoms with Gasteiger partial charge in [0.25, 0.3) is 0 Å². The van der Waals surface area contributed by atoms with Gasteiger partial charge in [-0.15, -0.1) is 0 Å². The van der Waals surface area contributed by atoms with E-state index in [0.29, 0.717) is 6.04 Å². The third-order valence-corrected chi connectivity index (χ3v) is 9.34. The van der Waals surface area contributed by atoms with E-state index in [0.717, 1.165) is 0 Å². The van der Waals surface area contributed by atoms with Crippen LogP contribution in [0.1, 0.15) is 13.8 Å². The topological polar surface area (TPSA) is 3.24 Å². The van der Waals surface area contributed by atoms with Gasteiger partial charge in [0, 0.05) is 0 Å². The van der Waals surface area contributed by atoms with Gasteiger partial charge in [-0.05, 0) is 13.1 Å². The summed E-state index contributed by atoms with van der Waals surface area (Å²) in [6.07, 6.45) is 0. The Morgan fingerprint density at radius 2 is 1.56 bits per heavy atom. The van der Waals surface area contributed by atoms with Gasteiger partial charge in [0.1, 0.15) is 0 Å². The number of halogens is 3. The molecule has 56 valence electrons. The Morgan fingerprint density at radius 3 is 1.56 bits per heavy atom. The molecule has 9 heavy (non-hydrogen) atoms. The maximum atomic E-state index is 2.56. The van der Waals surface area contributed by atoms with Crippen molar-refractivity contribution in [3.05, 3.63) is 0 Å². The van der Waals surface area contributed by atoms with Crippen molar-refractivity contribution in [2.45, 2.75) is 19.9 Å². The van der Waals surface area contributed by atoms with E-state index in [2.05, 4.69) is 90.9 Å². The van der Waals surface area contributed by atoms with Crippen molar-refractivity contribution in [2.75, 3.05) is 7.05 Å². The fourth-order valence-corrected chi connectivity index (χ4v) is 5.89. The highest BCUT2D eigenvalue weighted by Crippen LogP contribution is 2.33. The molecule has 0 aliphatic carbocycles. The van der Waals surface area contributed by atoms with Crippen molar-refractivity contribution in [3.63, 3.8) is 0 Å². The molecule has 0 radical (unpaired) electrons. The van der Waals surface area contributed by atoms with Gasteiger partial charge in [-0.25, -0.2) is 0 Å². The lowest BCUT2D eigenvalue weighted by atomic mass is 10.4. The molecule has 0 aromatic rings. The first kappa shape index (κ1) is 11.4. The van der Waals surface area contributed by atoms with E-state index < -0.39 is 0.725 Å². The summed E-state index contributed by atoms with van der Waals surface area (Å²) in [5.41, 5.74) is 0. The van der Waals surface area contributed by atoms with Crippen molar-refractivity contribution in [1.82, 2.24) is 4.57 Å². The van der Waals surface area contributed by atoms with Crippen molar-refractivity contribution in [2.24, 2.45) is 0 Å². The van der Waals surface area contributed by atoms with E-state index >= 15 is 0 Å². The van der Waals surface area contributed by atoms with Crippen LogP contribution in [0.4, 0.5) is 0 Å². The minimum absolute atomic E-state index is 0.683. The third-order valence-electron chi connectivity index (χ3n) is 1.17. The zero-order chi connectivity index (χ0) is 7.65. The molecule has 0 unspecified atom stereocenters. The highest BCUT2D eigenvalue weighted by molar-refractivity contribution is 14.4. The molecule has 5 heteroatoms. The first-order valence-electron chi connectivity index (χ1n) is 2.65. The number of hydrogen-bond donors (Lipinski definition) is 0. The minimum Gasteiger partial charge on any atom is -0.301 e. The minimum atomic E-state index is -1.08. The van der Waals surface area contributed by atoms with Crippen LogP contribution in [0.2, 0.25) is 0 Å². The SMILES string of the molecule is CC(C)N(C)[Si](I)(I)I. The zero-order valence-corrected chi connectivity index (χ0v) is 13.1. The Labute approximate surface area is 96.1 Å². The first-order valence-corrected chi connectivity index (χ1v) is 13.9. The molecule has 0 rings (SSSR count). The van der Waals surface area contributed by atoms with E-state index in [1.807, 2.05) is 0 Å². The summed E-state index contributed by atoms with van der Waals surface area (Å²) < 4.78 is 1.37. The van der Waals surface area contributed by atoms with Crippen LogP contribution in [0.3, 0.4) is 0 Å². The molecule has 0 aliphatic heterocycles. The average Bonchev–Trinajstić information content (AvgIpc) is 1.62. The summed E-state index contributed by atoms with van der Waals surface area (Å²) in [6.45, 7) is 4.47. The summed E-state index contributed by atoms with van der Waals surface area (Å²) in [5.74, 6) is 0. The Bertz CT molecular complexity index is 90.3. The highest BCUT2D eigenvalue weighted by atomic mass is 127. The van der Waals surface area contributed by atoms with E-state index in [1.165, 1.54) is 0 Å². The predicted octanol–water partition coefficient (Wildman–Crippen LogP) is 3.07. The summed E-state index contributed by atoms with van der Waals surface area (Å²) in [6, 6.07) is 0.683. The van der Waals surface area contributed by atoms with Crippen LogP contribution in [0.25, 0.3) is 0 Å². The van der Waals surface area contributed by atoms with Gasteiger partial charge in [-0.3, -0.25) is 0 Å². The average molecular weight is 481 g/mol. The van der Waals surface area contributed by atoms with Crippen molar-refractivity contribution in [3.8, 4) is 0 Å². The number of nitrogens with zero attached hydrogens (tertiary/aromatic N) is 1. The van der Waals surface area contributed by atoms with Gasteiger partial charge in [-0.1, -0.05) is 79.2 Å². The lowest BCUT2D eigenvalue weighted by Gasteiger charge is -2.27. The second-order valence-electron chi connectivity index (χ2n) is 2.17. The van der Waals surface area contributed by atoms with Crippen LogP contribution in [-0.2, 0) is 0 Å². The molecule has 0 amide bonds. The molecule has 0 aromatic carbocycles. The Balaban J connectivity index is 3.88. The van der Waals surface area contributed by atoms with E-state index in [4.69, 9.17) is 0 Å². The largest absolute Gasteiger partial charge is 0.329 e. The van der Waals surface area contributed by atoms with Crippen LogP contribution in [0.5, 0.6) is 0 Å². The van der Waals surface area contributed by atoms with Crippen molar-refractivity contribution < 1.29 is 0 Å². The first-order chi connectivity index (χ1) is 3.85. The monoisotopic (exact) mass is 481 g/mol. The van der Waals surface area contributed by atoms with Crippen LogP contribution >= 0.6 is 65.4 Å². The van der Waals surface area contributed by atoms with E-state index in [1.54, 1.807) is 0 Å². The molecule has 0 saturated heterocycles. The Kier molecular flexibility index (Phi) is 5.57. The molecule has 0 bridgehead atoms. The molecule has 0 aliphatic rings. The fraction of sp³-hybridized carbons (Fsp3) is 1.00. The van der Waals surface area contributed by atoms with Crippen LogP contribution < -0.4 is 0 Å². The summed E-state index contributed by atoms with van der Waals surface area (Å²) in [7, 11) is 2.20. The molecule has 0 N–H and O–H groups in total. The molecule has 0 spiro atoms. The smallest absolute Gasteiger partial charge is 0.301 e. The lowest BCUT2D eigenvalue weighted by molar-refractivity contribution is 0.448. The van der Waals surface area contributed by atoms with Crippen LogP contribution in [-0.4, -0.2) is 18.4 Å². The normalized spacial score (nSPS) is 13.3. The predicted molar refractivity (Wildman–Crippen MR) is 70.7 cm³/mol. The van der Waals surface area contributed by atoms with Gasteiger partial charge in [-0.2, -0.15) is 0 Å². The third kappa shape index (κ3) is 4.75. The molecule has 1 nitrogen and oxygen atoms in total. The van der Waals surface area contributed by atoms with E-state index in [-0.39, 0.29) is 0 Å². The number of rotatable bonds is 2. The van der Waals surface area contributed by atoms with Crippen molar-refractivity contribution in [1.29, 1.82) is 0 Å². The Hall–Kier alpha value is 2.37. The van der Waals surface area contributed by atoms with Crippen LogP contribution in [0.15, 0.2) is 0 Å². The summed E-state index contributed by atoms with van der Waals surface area (Å²) in [5, 5.41) is 0. The molecule has 0 fully saturated rings. The molecular formula is C4H10I3NSi. The van der Waals surface area contributed by atoms with Gasteiger partial charge in [0.2, 0.25) is 0 Å². The molecule has 0 heterocycles. The molecule has 0 atom stereocenters. The van der Waals surface area contributed by atoms with E-state index in [9.17, 15) is 0 Å².